The minimum atomic E-state index is -0.532. The van der Waals surface area contributed by atoms with Crippen LogP contribution in [0.15, 0.2) is 24.3 Å². The third kappa shape index (κ3) is 4.73. The van der Waals surface area contributed by atoms with Gasteiger partial charge in [-0.05, 0) is 39.4 Å². The molecule has 0 bridgehead atoms. The molecule has 0 radical (unpaired) electrons. The smallest absolute Gasteiger partial charge is 0.142 e. The first-order valence-corrected chi connectivity index (χ1v) is 6.73. The summed E-state index contributed by atoms with van der Waals surface area (Å²) in [4.78, 5) is 2.15. The van der Waals surface area contributed by atoms with Crippen LogP contribution in [0, 0.1) is 0 Å². The lowest BCUT2D eigenvalue weighted by atomic mass is 10.00. The summed E-state index contributed by atoms with van der Waals surface area (Å²) >= 11 is 0. The number of rotatable bonds is 7. The zero-order valence-electron chi connectivity index (χ0n) is 12.4. The van der Waals surface area contributed by atoms with Gasteiger partial charge in [-0.3, -0.25) is 4.90 Å². The number of aliphatic hydroxyl groups excluding tert-OH is 1. The van der Waals surface area contributed by atoms with Crippen LogP contribution in [0.25, 0.3) is 0 Å². The first kappa shape index (κ1) is 15.8. The maximum atomic E-state index is 10.0. The molecule has 0 aliphatic heterocycles. The van der Waals surface area contributed by atoms with Crippen LogP contribution in [0.3, 0.4) is 0 Å². The number of likely N-dealkylation sites (N-methyl/N-ethyl adjacent to an activating group) is 1. The van der Waals surface area contributed by atoms with E-state index in [9.17, 15) is 5.11 Å². The molecule has 1 aromatic carbocycles. The summed E-state index contributed by atoms with van der Waals surface area (Å²) in [5.41, 5.74) is 6.45. The Hall–Kier alpha value is -1.26. The van der Waals surface area contributed by atoms with Crippen LogP contribution in [0.4, 0.5) is 5.69 Å². The van der Waals surface area contributed by atoms with E-state index < -0.39 is 6.10 Å². The number of anilines is 1. The summed E-state index contributed by atoms with van der Waals surface area (Å²) in [6.45, 7) is 7.29. The number of β-amino-alcohol motifs (C(OH)–C–C–N with tert-alkyl or cyclic N) is 1. The fourth-order valence-electron chi connectivity index (χ4n) is 1.68. The van der Waals surface area contributed by atoms with Crippen molar-refractivity contribution in [1.82, 2.24) is 4.90 Å². The Morgan fingerprint density at radius 1 is 1.37 bits per heavy atom. The lowest BCUT2D eigenvalue weighted by Gasteiger charge is -2.36. The number of ether oxygens (including phenoxy) is 1. The zero-order chi connectivity index (χ0) is 14.5. The third-order valence-corrected chi connectivity index (χ3v) is 3.73. The monoisotopic (exact) mass is 266 g/mol. The van der Waals surface area contributed by atoms with Gasteiger partial charge in [0.1, 0.15) is 18.5 Å². The molecule has 1 unspecified atom stereocenters. The highest BCUT2D eigenvalue weighted by molar-refractivity contribution is 5.51. The number of benzene rings is 1. The van der Waals surface area contributed by atoms with Crippen LogP contribution in [-0.2, 0) is 0 Å². The molecule has 1 atom stereocenters. The molecule has 1 rings (SSSR count). The van der Waals surface area contributed by atoms with E-state index in [1.165, 1.54) is 0 Å². The number of hydrogen-bond acceptors (Lipinski definition) is 4. The Labute approximate surface area is 116 Å². The number of para-hydroxylation sites is 2. The van der Waals surface area contributed by atoms with Gasteiger partial charge in [0.2, 0.25) is 0 Å². The average Bonchev–Trinajstić information content (AvgIpc) is 2.37. The molecule has 0 aromatic heterocycles. The Morgan fingerprint density at radius 3 is 2.58 bits per heavy atom. The van der Waals surface area contributed by atoms with Gasteiger partial charge < -0.3 is 15.6 Å². The Balaban J connectivity index is 2.44. The minimum absolute atomic E-state index is 0.0761. The van der Waals surface area contributed by atoms with E-state index in [-0.39, 0.29) is 12.1 Å². The van der Waals surface area contributed by atoms with Crippen molar-refractivity contribution >= 4 is 5.69 Å². The fourth-order valence-corrected chi connectivity index (χ4v) is 1.68. The molecule has 0 fully saturated rings. The van der Waals surface area contributed by atoms with Crippen LogP contribution in [0.5, 0.6) is 5.75 Å². The Morgan fingerprint density at radius 2 is 2.00 bits per heavy atom. The quantitative estimate of drug-likeness (QED) is 0.742. The second kappa shape index (κ2) is 6.78. The zero-order valence-corrected chi connectivity index (χ0v) is 12.4. The molecule has 0 aliphatic carbocycles. The summed E-state index contributed by atoms with van der Waals surface area (Å²) in [6.07, 6.45) is 0.498. The SMILES string of the molecule is CCC(C)(C)N(C)CC(O)COc1ccccc1N. The van der Waals surface area contributed by atoms with Crippen LogP contribution in [0.2, 0.25) is 0 Å². The van der Waals surface area contributed by atoms with E-state index in [0.29, 0.717) is 18.0 Å². The van der Waals surface area contributed by atoms with E-state index in [1.807, 2.05) is 25.2 Å². The molecular weight excluding hydrogens is 240 g/mol. The van der Waals surface area contributed by atoms with Gasteiger partial charge in [-0.2, -0.15) is 0 Å². The third-order valence-electron chi connectivity index (χ3n) is 3.73. The predicted octanol–water partition coefficient (Wildman–Crippen LogP) is 2.13. The number of nitrogens with zero attached hydrogens (tertiary/aromatic N) is 1. The van der Waals surface area contributed by atoms with Crippen LogP contribution >= 0.6 is 0 Å². The van der Waals surface area contributed by atoms with Crippen LogP contribution in [-0.4, -0.2) is 41.8 Å². The average molecular weight is 266 g/mol. The van der Waals surface area contributed by atoms with Gasteiger partial charge in [0.25, 0.3) is 0 Å². The molecule has 0 heterocycles. The maximum absolute atomic E-state index is 10.0. The van der Waals surface area contributed by atoms with Gasteiger partial charge >= 0.3 is 0 Å². The van der Waals surface area contributed by atoms with Crippen molar-refractivity contribution in [3.8, 4) is 5.75 Å². The molecule has 3 N–H and O–H groups in total. The summed E-state index contributed by atoms with van der Waals surface area (Å²) in [5.74, 6) is 0.624. The van der Waals surface area contributed by atoms with E-state index in [2.05, 4.69) is 25.7 Å². The maximum Gasteiger partial charge on any atom is 0.142 e. The Kier molecular flexibility index (Phi) is 5.63. The van der Waals surface area contributed by atoms with Gasteiger partial charge in [0, 0.05) is 12.1 Å². The Bertz CT molecular complexity index is 393. The summed E-state index contributed by atoms with van der Waals surface area (Å²) in [7, 11) is 2.02. The molecule has 108 valence electrons. The van der Waals surface area contributed by atoms with Gasteiger partial charge in [0.05, 0.1) is 5.69 Å². The largest absolute Gasteiger partial charge is 0.489 e. The second-order valence-corrected chi connectivity index (χ2v) is 5.55. The van der Waals surface area contributed by atoms with Crippen molar-refractivity contribution in [3.63, 3.8) is 0 Å². The van der Waals surface area contributed by atoms with Crippen molar-refractivity contribution in [2.24, 2.45) is 0 Å². The van der Waals surface area contributed by atoms with Crippen molar-refractivity contribution in [1.29, 1.82) is 0 Å². The van der Waals surface area contributed by atoms with Crippen molar-refractivity contribution in [2.75, 3.05) is 25.9 Å². The molecule has 4 nitrogen and oxygen atoms in total. The molecule has 0 saturated heterocycles. The van der Waals surface area contributed by atoms with Crippen LogP contribution in [0.1, 0.15) is 27.2 Å². The molecule has 0 amide bonds. The number of hydrogen-bond donors (Lipinski definition) is 2. The molecule has 19 heavy (non-hydrogen) atoms. The van der Waals surface area contributed by atoms with Crippen molar-refractivity contribution in [3.05, 3.63) is 24.3 Å². The highest BCUT2D eigenvalue weighted by Crippen LogP contribution is 2.20. The highest BCUT2D eigenvalue weighted by atomic mass is 16.5. The van der Waals surface area contributed by atoms with Crippen LogP contribution < -0.4 is 10.5 Å². The highest BCUT2D eigenvalue weighted by Gasteiger charge is 2.23. The van der Waals surface area contributed by atoms with Crippen molar-refractivity contribution < 1.29 is 9.84 Å². The topological polar surface area (TPSA) is 58.7 Å². The minimum Gasteiger partial charge on any atom is -0.489 e. The van der Waals surface area contributed by atoms with Gasteiger partial charge in [0.15, 0.2) is 0 Å². The first-order chi connectivity index (χ1) is 8.86. The number of nitrogen functional groups attached to an aromatic ring is 1. The molecule has 1 aromatic rings. The summed E-state index contributed by atoms with van der Waals surface area (Å²) in [5, 5.41) is 10.0. The molecule has 0 saturated carbocycles. The van der Waals surface area contributed by atoms with Gasteiger partial charge in [-0.25, -0.2) is 0 Å². The van der Waals surface area contributed by atoms with Gasteiger partial charge in [-0.1, -0.05) is 19.1 Å². The fraction of sp³-hybridized carbons (Fsp3) is 0.600. The normalized spacial score (nSPS) is 13.6. The van der Waals surface area contributed by atoms with E-state index in [0.717, 1.165) is 6.42 Å². The predicted molar refractivity (Wildman–Crippen MR) is 79.4 cm³/mol. The van der Waals surface area contributed by atoms with Gasteiger partial charge in [-0.15, -0.1) is 0 Å². The molecule has 0 spiro atoms. The lowest BCUT2D eigenvalue weighted by Crippen LogP contribution is -2.45. The van der Waals surface area contributed by atoms with E-state index >= 15 is 0 Å². The molecular formula is C15H26N2O2. The lowest BCUT2D eigenvalue weighted by molar-refractivity contribution is 0.0409. The summed E-state index contributed by atoms with van der Waals surface area (Å²) < 4.78 is 5.54. The molecule has 4 heteroatoms. The van der Waals surface area contributed by atoms with E-state index in [4.69, 9.17) is 10.5 Å². The van der Waals surface area contributed by atoms with E-state index in [1.54, 1.807) is 6.07 Å². The molecule has 0 aliphatic rings. The first-order valence-electron chi connectivity index (χ1n) is 6.73. The number of aliphatic hydroxyl groups is 1. The second-order valence-electron chi connectivity index (χ2n) is 5.55. The standard InChI is InChI=1S/C15H26N2O2/c1-5-15(2,3)17(4)10-12(18)11-19-14-9-7-6-8-13(14)16/h6-9,12,18H,5,10-11,16H2,1-4H3. The number of nitrogens with two attached hydrogens (primary N) is 1. The summed E-state index contributed by atoms with van der Waals surface area (Å²) in [6, 6.07) is 7.32. The van der Waals surface area contributed by atoms with Crippen molar-refractivity contribution in [2.45, 2.75) is 38.8 Å².